The van der Waals surface area contributed by atoms with Gasteiger partial charge in [0.15, 0.2) is 5.76 Å². The molecular formula is C11H10N4O2. The summed E-state index contributed by atoms with van der Waals surface area (Å²) in [7, 11) is 1.74. The number of hydrogen-bond acceptors (Lipinski definition) is 4. The first kappa shape index (κ1) is 9.71. The van der Waals surface area contributed by atoms with Crippen LogP contribution in [0.5, 0.6) is 0 Å². The molecule has 0 saturated carbocycles. The number of imidazole rings is 1. The van der Waals surface area contributed by atoms with Crippen LogP contribution in [-0.2, 0) is 0 Å². The van der Waals surface area contributed by atoms with Gasteiger partial charge >= 0.3 is 5.69 Å². The Kier molecular flexibility index (Phi) is 2.01. The number of benzene rings is 1. The van der Waals surface area contributed by atoms with Gasteiger partial charge in [0.1, 0.15) is 0 Å². The van der Waals surface area contributed by atoms with Crippen LogP contribution in [-0.4, -0.2) is 22.0 Å². The van der Waals surface area contributed by atoms with Crippen molar-refractivity contribution < 1.29 is 4.42 Å². The lowest BCUT2D eigenvalue weighted by Crippen LogP contribution is -1.99. The summed E-state index contributed by atoms with van der Waals surface area (Å²) in [6.45, 7) is 0. The number of aromatic nitrogens is 3. The first-order valence-electron chi connectivity index (χ1n) is 5.12. The smallest absolute Gasteiger partial charge is 0.323 e. The van der Waals surface area contributed by atoms with Gasteiger partial charge in [0.2, 0.25) is 0 Å². The molecule has 0 bridgehead atoms. The minimum absolute atomic E-state index is 0.217. The van der Waals surface area contributed by atoms with Crippen LogP contribution < -0.4 is 11.0 Å². The number of hydrogen-bond donors (Lipinski definition) is 3. The molecule has 0 fully saturated rings. The van der Waals surface area contributed by atoms with Crippen LogP contribution in [0.2, 0.25) is 0 Å². The number of anilines is 1. The molecule has 0 atom stereocenters. The third-order valence-corrected chi connectivity index (χ3v) is 2.52. The summed E-state index contributed by atoms with van der Waals surface area (Å²) in [4.78, 5) is 20.6. The number of oxazole rings is 1. The molecule has 1 aromatic carbocycles. The van der Waals surface area contributed by atoms with Crippen molar-refractivity contribution in [2.45, 2.75) is 0 Å². The standard InChI is InChI=1S/C11H10N4O2/c1-12-11-13-5-9(17-11)6-2-3-7-8(4-6)15-10(16)14-7/h2-5H,1H3,(H,12,13)(H2,14,15,16). The number of nitrogens with zero attached hydrogens (tertiary/aromatic N) is 1. The van der Waals surface area contributed by atoms with Gasteiger partial charge in [-0.2, -0.15) is 0 Å². The topological polar surface area (TPSA) is 86.7 Å². The molecule has 17 heavy (non-hydrogen) atoms. The van der Waals surface area contributed by atoms with Gasteiger partial charge in [-0.15, -0.1) is 0 Å². The van der Waals surface area contributed by atoms with Crippen molar-refractivity contribution in [3.05, 3.63) is 34.9 Å². The van der Waals surface area contributed by atoms with Crippen LogP contribution in [0.25, 0.3) is 22.4 Å². The predicted octanol–water partition coefficient (Wildman–Crippen LogP) is 1.55. The average Bonchev–Trinajstić information content (AvgIpc) is 2.92. The van der Waals surface area contributed by atoms with Gasteiger partial charge in [-0.3, -0.25) is 0 Å². The quantitative estimate of drug-likeness (QED) is 0.623. The fourth-order valence-corrected chi connectivity index (χ4v) is 1.71. The fraction of sp³-hybridized carbons (Fsp3) is 0.0909. The minimum atomic E-state index is -0.217. The monoisotopic (exact) mass is 230 g/mol. The molecule has 6 nitrogen and oxygen atoms in total. The molecule has 86 valence electrons. The van der Waals surface area contributed by atoms with E-state index < -0.39 is 0 Å². The van der Waals surface area contributed by atoms with Crippen molar-refractivity contribution in [3.8, 4) is 11.3 Å². The molecule has 3 N–H and O–H groups in total. The lowest BCUT2D eigenvalue weighted by atomic mass is 10.1. The first-order chi connectivity index (χ1) is 8.26. The maximum absolute atomic E-state index is 11.1. The van der Waals surface area contributed by atoms with E-state index in [0.717, 1.165) is 16.6 Å². The van der Waals surface area contributed by atoms with Gasteiger partial charge in [0.25, 0.3) is 6.01 Å². The van der Waals surface area contributed by atoms with Crippen LogP contribution in [0, 0.1) is 0 Å². The van der Waals surface area contributed by atoms with Crippen LogP contribution in [0.1, 0.15) is 0 Å². The van der Waals surface area contributed by atoms with E-state index in [1.54, 1.807) is 13.2 Å². The van der Waals surface area contributed by atoms with E-state index in [2.05, 4.69) is 20.3 Å². The summed E-state index contributed by atoms with van der Waals surface area (Å²) in [5.41, 5.74) is 2.16. The Bertz CT molecular complexity index is 722. The molecule has 0 aliphatic rings. The zero-order chi connectivity index (χ0) is 11.8. The van der Waals surface area contributed by atoms with Gasteiger partial charge in [0.05, 0.1) is 17.2 Å². The Morgan fingerprint density at radius 2 is 2.12 bits per heavy atom. The second-order valence-corrected chi connectivity index (χ2v) is 3.62. The number of nitrogens with one attached hydrogen (secondary N) is 3. The average molecular weight is 230 g/mol. The highest BCUT2D eigenvalue weighted by molar-refractivity contribution is 5.80. The van der Waals surface area contributed by atoms with Gasteiger partial charge in [-0.25, -0.2) is 9.78 Å². The largest absolute Gasteiger partial charge is 0.424 e. The molecule has 0 amide bonds. The molecule has 2 heterocycles. The van der Waals surface area contributed by atoms with Crippen molar-refractivity contribution in [3.63, 3.8) is 0 Å². The molecule has 2 aromatic heterocycles. The summed E-state index contributed by atoms with van der Waals surface area (Å²) < 4.78 is 5.45. The molecule has 3 rings (SSSR count). The van der Waals surface area contributed by atoms with E-state index in [-0.39, 0.29) is 5.69 Å². The summed E-state index contributed by atoms with van der Waals surface area (Å²) in [5, 5.41) is 2.82. The van der Waals surface area contributed by atoms with Crippen molar-refractivity contribution in [1.29, 1.82) is 0 Å². The maximum atomic E-state index is 11.1. The molecule has 0 radical (unpaired) electrons. The third-order valence-electron chi connectivity index (χ3n) is 2.52. The second-order valence-electron chi connectivity index (χ2n) is 3.62. The van der Waals surface area contributed by atoms with E-state index in [1.807, 2.05) is 18.2 Å². The van der Waals surface area contributed by atoms with E-state index in [1.165, 1.54) is 0 Å². The highest BCUT2D eigenvalue weighted by Crippen LogP contribution is 2.24. The number of aromatic amines is 2. The molecule has 0 spiro atoms. The SMILES string of the molecule is CNc1ncc(-c2ccc3[nH]c(=O)[nH]c3c2)o1. The number of fused-ring (bicyclic) bond motifs is 1. The van der Waals surface area contributed by atoms with Gasteiger partial charge in [-0.1, -0.05) is 0 Å². The normalized spacial score (nSPS) is 10.9. The number of rotatable bonds is 2. The summed E-state index contributed by atoms with van der Waals surface area (Å²) >= 11 is 0. The van der Waals surface area contributed by atoms with E-state index in [9.17, 15) is 4.79 Å². The van der Waals surface area contributed by atoms with E-state index >= 15 is 0 Å². The van der Waals surface area contributed by atoms with Gasteiger partial charge in [0, 0.05) is 12.6 Å². The van der Waals surface area contributed by atoms with E-state index in [4.69, 9.17) is 4.42 Å². The molecule has 0 aliphatic heterocycles. The van der Waals surface area contributed by atoms with Gasteiger partial charge < -0.3 is 19.7 Å². The Balaban J connectivity index is 2.13. The van der Waals surface area contributed by atoms with Crippen molar-refractivity contribution >= 4 is 17.0 Å². The zero-order valence-corrected chi connectivity index (χ0v) is 9.07. The zero-order valence-electron chi connectivity index (χ0n) is 9.07. The van der Waals surface area contributed by atoms with Crippen molar-refractivity contribution in [1.82, 2.24) is 15.0 Å². The molecule has 6 heteroatoms. The summed E-state index contributed by atoms with van der Waals surface area (Å²) in [6.07, 6.45) is 1.64. The Labute approximate surface area is 95.7 Å². The number of H-pyrrole nitrogens is 2. The first-order valence-corrected chi connectivity index (χ1v) is 5.12. The Hall–Kier alpha value is -2.50. The van der Waals surface area contributed by atoms with Crippen molar-refractivity contribution in [2.75, 3.05) is 12.4 Å². The Morgan fingerprint density at radius 3 is 2.88 bits per heavy atom. The fourth-order valence-electron chi connectivity index (χ4n) is 1.71. The molecule has 3 aromatic rings. The third kappa shape index (κ3) is 1.59. The lowest BCUT2D eigenvalue weighted by Gasteiger charge is -1.96. The van der Waals surface area contributed by atoms with Crippen LogP contribution >= 0.6 is 0 Å². The second kappa shape index (κ2) is 3.51. The van der Waals surface area contributed by atoms with Crippen LogP contribution in [0.4, 0.5) is 6.01 Å². The highest BCUT2D eigenvalue weighted by Gasteiger charge is 2.07. The molecule has 0 aliphatic carbocycles. The predicted molar refractivity (Wildman–Crippen MR) is 64.0 cm³/mol. The lowest BCUT2D eigenvalue weighted by molar-refractivity contribution is 0.590. The molecule has 0 saturated heterocycles. The maximum Gasteiger partial charge on any atom is 0.323 e. The molecule has 0 unspecified atom stereocenters. The van der Waals surface area contributed by atoms with Crippen LogP contribution in [0.15, 0.2) is 33.6 Å². The minimum Gasteiger partial charge on any atom is -0.424 e. The van der Waals surface area contributed by atoms with Crippen molar-refractivity contribution in [2.24, 2.45) is 0 Å². The van der Waals surface area contributed by atoms with E-state index in [0.29, 0.717) is 11.8 Å². The van der Waals surface area contributed by atoms with Crippen LogP contribution in [0.3, 0.4) is 0 Å². The highest BCUT2D eigenvalue weighted by atomic mass is 16.4. The molecular weight excluding hydrogens is 220 g/mol. The summed E-state index contributed by atoms with van der Waals surface area (Å²) in [5.74, 6) is 0.651. The Morgan fingerprint density at radius 1 is 1.29 bits per heavy atom. The summed E-state index contributed by atoms with van der Waals surface area (Å²) in [6, 6.07) is 5.99. The van der Waals surface area contributed by atoms with Gasteiger partial charge in [-0.05, 0) is 18.2 Å².